The lowest BCUT2D eigenvalue weighted by Gasteiger charge is -2.42. The maximum Gasteiger partial charge on any atom is 0.267 e. The lowest BCUT2D eigenvalue weighted by Crippen LogP contribution is -2.54. The number of pyridine rings is 2. The summed E-state index contributed by atoms with van der Waals surface area (Å²) >= 11 is 0. The summed E-state index contributed by atoms with van der Waals surface area (Å²) in [4.78, 5) is 15.6. The van der Waals surface area contributed by atoms with Gasteiger partial charge in [-0.3, -0.25) is 19.5 Å². The molecule has 10 nitrogen and oxygen atoms in total. The Hall–Kier alpha value is -3.25. The number of morpholine rings is 1. The van der Waals surface area contributed by atoms with Crippen molar-refractivity contribution in [3.8, 4) is 17.0 Å². The van der Waals surface area contributed by atoms with E-state index < -0.39 is 10.0 Å². The van der Waals surface area contributed by atoms with Gasteiger partial charge in [0.25, 0.3) is 10.0 Å². The van der Waals surface area contributed by atoms with E-state index in [0.29, 0.717) is 56.4 Å². The molecular formula is C30H40N6O4S. The molecule has 2 fully saturated rings. The molecule has 0 bridgehead atoms. The predicted octanol–water partition coefficient (Wildman–Crippen LogP) is 3.70. The first-order valence-electron chi connectivity index (χ1n) is 14.2. The number of piperazine rings is 1. The van der Waals surface area contributed by atoms with Crippen molar-refractivity contribution in [3.63, 3.8) is 0 Å². The molecular weight excluding hydrogens is 540 g/mol. The van der Waals surface area contributed by atoms with Gasteiger partial charge in [0.05, 0.1) is 43.6 Å². The zero-order valence-electron chi connectivity index (χ0n) is 24.3. The van der Waals surface area contributed by atoms with E-state index in [1.165, 1.54) is 11.8 Å². The van der Waals surface area contributed by atoms with E-state index in [9.17, 15) is 8.42 Å². The Bertz CT molecular complexity index is 1420. The van der Waals surface area contributed by atoms with Crippen LogP contribution in [0.15, 0.2) is 59.9 Å². The number of rotatable bonds is 9. The highest BCUT2D eigenvalue weighted by molar-refractivity contribution is 7.92. The maximum atomic E-state index is 13.6. The van der Waals surface area contributed by atoms with Gasteiger partial charge in [-0.15, -0.1) is 0 Å². The first-order valence-corrected chi connectivity index (χ1v) is 15.7. The molecule has 220 valence electrons. The Morgan fingerprint density at radius 3 is 2.39 bits per heavy atom. The summed E-state index contributed by atoms with van der Waals surface area (Å²) in [6.45, 7) is 12.1. The quantitative estimate of drug-likeness (QED) is 0.406. The van der Waals surface area contributed by atoms with Crippen molar-refractivity contribution in [2.45, 2.75) is 44.3 Å². The maximum absolute atomic E-state index is 13.6. The summed E-state index contributed by atoms with van der Waals surface area (Å²) in [5.74, 6) is 0.0702. The molecule has 2 aromatic heterocycles. The molecule has 0 aliphatic carbocycles. The fraction of sp³-hybridized carbons (Fsp3) is 0.467. The van der Waals surface area contributed by atoms with E-state index >= 15 is 0 Å². The van der Waals surface area contributed by atoms with Gasteiger partial charge in [0.1, 0.15) is 0 Å². The standard InChI is InChI=1S/C30H40N6O4S/c1-5-40-30-29(15-28(18-32-30)36-10-12-39-13-11-36)41(37,38)33-27-14-26(16-31-17-27)25-8-6-24(7-9-25)21-35-19-22(2)34(4)23(3)20-35/h6-9,14-18,22-23,33H,5,10-13,19-21H2,1-4H3/t22-,23+. The van der Waals surface area contributed by atoms with Crippen molar-refractivity contribution >= 4 is 21.4 Å². The minimum absolute atomic E-state index is 0.00867. The van der Waals surface area contributed by atoms with Crippen molar-refractivity contribution in [3.05, 3.63) is 60.6 Å². The van der Waals surface area contributed by atoms with Crippen molar-refractivity contribution in [1.29, 1.82) is 0 Å². The number of aromatic nitrogens is 2. The van der Waals surface area contributed by atoms with Crippen molar-refractivity contribution < 1.29 is 17.9 Å². The number of nitrogens with one attached hydrogen (secondary N) is 1. The third-order valence-corrected chi connectivity index (χ3v) is 9.25. The van der Waals surface area contributed by atoms with E-state index in [0.717, 1.165) is 30.8 Å². The molecule has 41 heavy (non-hydrogen) atoms. The number of sulfonamides is 1. The molecule has 0 amide bonds. The van der Waals surface area contributed by atoms with Gasteiger partial charge in [-0.25, -0.2) is 13.4 Å². The number of nitrogens with zero attached hydrogens (tertiary/aromatic N) is 5. The molecule has 2 aliphatic heterocycles. The minimum atomic E-state index is -4.01. The Labute approximate surface area is 243 Å². The second kappa shape index (κ2) is 12.7. The van der Waals surface area contributed by atoms with Crippen molar-refractivity contribution in [1.82, 2.24) is 19.8 Å². The van der Waals surface area contributed by atoms with Crippen LogP contribution >= 0.6 is 0 Å². The van der Waals surface area contributed by atoms with Crippen LogP contribution in [-0.4, -0.2) is 93.3 Å². The Kier molecular flexibility index (Phi) is 9.08. The zero-order chi connectivity index (χ0) is 29.0. The van der Waals surface area contributed by atoms with Crippen LogP contribution < -0.4 is 14.4 Å². The Morgan fingerprint density at radius 2 is 1.71 bits per heavy atom. The molecule has 11 heteroatoms. The highest BCUT2D eigenvalue weighted by Crippen LogP contribution is 2.30. The fourth-order valence-electron chi connectivity index (χ4n) is 5.42. The average molecular weight is 581 g/mol. The molecule has 0 radical (unpaired) electrons. The van der Waals surface area contributed by atoms with Crippen LogP contribution in [-0.2, 0) is 21.3 Å². The molecule has 2 saturated heterocycles. The van der Waals surface area contributed by atoms with Gasteiger partial charge in [-0.1, -0.05) is 24.3 Å². The summed E-state index contributed by atoms with van der Waals surface area (Å²) in [7, 11) is -1.81. The van der Waals surface area contributed by atoms with Crippen LogP contribution in [0.4, 0.5) is 11.4 Å². The first kappa shape index (κ1) is 29.2. The van der Waals surface area contributed by atoms with E-state index in [4.69, 9.17) is 9.47 Å². The van der Waals surface area contributed by atoms with Gasteiger partial charge in [-0.2, -0.15) is 0 Å². The van der Waals surface area contributed by atoms with Crippen LogP contribution in [0.2, 0.25) is 0 Å². The van der Waals surface area contributed by atoms with Crippen LogP contribution in [0.5, 0.6) is 5.88 Å². The number of hydrogen-bond donors (Lipinski definition) is 1. The van der Waals surface area contributed by atoms with E-state index in [1.807, 2.05) is 0 Å². The largest absolute Gasteiger partial charge is 0.477 e. The van der Waals surface area contributed by atoms with Crippen molar-refractivity contribution in [2.24, 2.45) is 0 Å². The van der Waals surface area contributed by atoms with Crippen LogP contribution in [0, 0.1) is 0 Å². The fourth-order valence-corrected chi connectivity index (χ4v) is 6.57. The number of likely N-dealkylation sites (N-methyl/N-ethyl adjacent to an activating group) is 1. The lowest BCUT2D eigenvalue weighted by atomic mass is 10.0. The molecule has 1 aromatic carbocycles. The highest BCUT2D eigenvalue weighted by atomic mass is 32.2. The third kappa shape index (κ3) is 6.98. The number of benzene rings is 1. The summed E-state index contributed by atoms with van der Waals surface area (Å²) in [5, 5.41) is 0. The van der Waals surface area contributed by atoms with E-state index in [-0.39, 0.29) is 10.8 Å². The summed E-state index contributed by atoms with van der Waals surface area (Å²) < 4.78 is 40.8. The second-order valence-electron chi connectivity index (χ2n) is 10.9. The van der Waals surface area contributed by atoms with Gasteiger partial charge in [0.2, 0.25) is 5.88 Å². The van der Waals surface area contributed by atoms with Crippen molar-refractivity contribution in [2.75, 3.05) is 62.7 Å². The second-order valence-corrected chi connectivity index (χ2v) is 12.5. The summed E-state index contributed by atoms with van der Waals surface area (Å²) in [5.41, 5.74) is 4.12. The average Bonchev–Trinajstić information content (AvgIpc) is 2.97. The number of hydrogen-bond acceptors (Lipinski definition) is 9. The number of ether oxygens (including phenoxy) is 2. The van der Waals surface area contributed by atoms with Crippen LogP contribution in [0.3, 0.4) is 0 Å². The highest BCUT2D eigenvalue weighted by Gasteiger charge is 2.27. The van der Waals surface area contributed by atoms with Gasteiger partial charge >= 0.3 is 0 Å². The predicted molar refractivity (Wildman–Crippen MR) is 161 cm³/mol. The molecule has 2 aliphatic rings. The Morgan fingerprint density at radius 1 is 1.00 bits per heavy atom. The SMILES string of the molecule is CCOc1ncc(N2CCOCC2)cc1S(=O)(=O)Nc1cncc(-c2ccc(CN3C[C@@H](C)N(C)[C@@H](C)C3)cc2)c1. The van der Waals surface area contributed by atoms with Crippen LogP contribution in [0.1, 0.15) is 26.3 Å². The minimum Gasteiger partial charge on any atom is -0.477 e. The zero-order valence-corrected chi connectivity index (χ0v) is 25.1. The van der Waals surface area contributed by atoms with E-state index in [1.54, 1.807) is 31.5 Å². The summed E-state index contributed by atoms with van der Waals surface area (Å²) in [6, 6.07) is 12.9. The molecule has 0 spiro atoms. The van der Waals surface area contributed by atoms with Gasteiger partial charge < -0.3 is 14.4 Å². The topological polar surface area (TPSA) is 100 Å². The molecule has 5 rings (SSSR count). The molecule has 0 unspecified atom stereocenters. The van der Waals surface area contributed by atoms with Gasteiger partial charge in [0, 0.05) is 56.6 Å². The monoisotopic (exact) mass is 580 g/mol. The molecule has 3 aromatic rings. The molecule has 1 N–H and O–H groups in total. The first-order chi connectivity index (χ1) is 19.7. The van der Waals surface area contributed by atoms with Crippen LogP contribution in [0.25, 0.3) is 11.1 Å². The normalized spacial score (nSPS) is 20.6. The molecule has 4 heterocycles. The lowest BCUT2D eigenvalue weighted by molar-refractivity contribution is 0.0556. The molecule has 2 atom stereocenters. The summed E-state index contributed by atoms with van der Waals surface area (Å²) in [6.07, 6.45) is 4.89. The Balaban J connectivity index is 1.32. The van der Waals surface area contributed by atoms with E-state index in [2.05, 4.69) is 74.6 Å². The van der Waals surface area contributed by atoms with Gasteiger partial charge in [-0.05, 0) is 51.1 Å². The smallest absolute Gasteiger partial charge is 0.267 e. The third-order valence-electron chi connectivity index (χ3n) is 7.87. The molecule has 0 saturated carbocycles. The van der Waals surface area contributed by atoms with Gasteiger partial charge in [0.15, 0.2) is 4.90 Å². The number of anilines is 2.